The van der Waals surface area contributed by atoms with Crippen LogP contribution in [0.25, 0.3) is 0 Å². The zero-order valence-electron chi connectivity index (χ0n) is 18.7. The molecular weight excluding hydrogens is 459 g/mol. The first-order chi connectivity index (χ1) is 15.4. The SMILES string of the molecule is CC(C)CCN1C[C@H]2C(=O)NC3(CCN(C(=O)c4cccs4)CC3)[C@H]2C1.O=C(O)C(F)(F)F. The van der Waals surface area contributed by atoms with Gasteiger partial charge in [-0.05, 0) is 43.2 Å². The number of rotatable bonds is 4. The van der Waals surface area contributed by atoms with Crippen LogP contribution in [0.15, 0.2) is 17.5 Å². The molecule has 0 aliphatic carbocycles. The summed E-state index contributed by atoms with van der Waals surface area (Å²) in [5.41, 5.74) is -0.0967. The fraction of sp³-hybridized carbons (Fsp3) is 0.682. The molecule has 3 saturated heterocycles. The smallest absolute Gasteiger partial charge is 0.475 e. The third-order valence-electron chi connectivity index (χ3n) is 6.75. The van der Waals surface area contributed by atoms with Crippen molar-refractivity contribution in [3.63, 3.8) is 0 Å². The van der Waals surface area contributed by atoms with E-state index < -0.39 is 12.1 Å². The molecule has 3 fully saturated rings. The maximum Gasteiger partial charge on any atom is 0.490 e. The van der Waals surface area contributed by atoms with E-state index in [-0.39, 0.29) is 23.3 Å². The molecule has 2 atom stereocenters. The van der Waals surface area contributed by atoms with Gasteiger partial charge in [-0.25, -0.2) is 4.79 Å². The van der Waals surface area contributed by atoms with E-state index in [1.807, 2.05) is 22.4 Å². The van der Waals surface area contributed by atoms with Gasteiger partial charge in [0.1, 0.15) is 0 Å². The molecule has 3 aliphatic rings. The van der Waals surface area contributed by atoms with Gasteiger partial charge < -0.3 is 20.2 Å². The number of alkyl halides is 3. The Morgan fingerprint density at radius 2 is 1.91 bits per heavy atom. The van der Waals surface area contributed by atoms with Gasteiger partial charge in [0.15, 0.2) is 0 Å². The molecule has 1 aromatic heterocycles. The molecular formula is C22H30F3N3O4S. The van der Waals surface area contributed by atoms with Crippen LogP contribution in [0.3, 0.4) is 0 Å². The van der Waals surface area contributed by atoms with Gasteiger partial charge in [-0.2, -0.15) is 13.2 Å². The molecule has 1 spiro atoms. The molecule has 7 nitrogen and oxygen atoms in total. The third kappa shape index (κ3) is 5.87. The number of fused-ring (bicyclic) bond motifs is 2. The van der Waals surface area contributed by atoms with Crippen LogP contribution < -0.4 is 5.32 Å². The molecule has 0 aromatic carbocycles. The van der Waals surface area contributed by atoms with E-state index in [4.69, 9.17) is 9.90 Å². The Balaban J connectivity index is 0.000000383. The van der Waals surface area contributed by atoms with Crippen molar-refractivity contribution in [2.24, 2.45) is 17.8 Å². The molecule has 33 heavy (non-hydrogen) atoms. The quantitative estimate of drug-likeness (QED) is 0.679. The van der Waals surface area contributed by atoms with E-state index in [2.05, 4.69) is 24.1 Å². The van der Waals surface area contributed by atoms with Crippen LogP contribution in [0, 0.1) is 17.8 Å². The molecule has 184 valence electrons. The first-order valence-corrected chi connectivity index (χ1v) is 12.0. The minimum absolute atomic E-state index is 0.0967. The number of nitrogens with one attached hydrogen (secondary N) is 1. The van der Waals surface area contributed by atoms with Crippen molar-refractivity contribution in [2.75, 3.05) is 32.7 Å². The highest BCUT2D eigenvalue weighted by atomic mass is 32.1. The lowest BCUT2D eigenvalue weighted by atomic mass is 9.75. The zero-order chi connectivity index (χ0) is 24.4. The predicted molar refractivity (Wildman–Crippen MR) is 117 cm³/mol. The summed E-state index contributed by atoms with van der Waals surface area (Å²) in [6, 6.07) is 3.82. The van der Waals surface area contributed by atoms with Crippen LogP contribution >= 0.6 is 11.3 Å². The number of thiophene rings is 1. The van der Waals surface area contributed by atoms with Gasteiger partial charge >= 0.3 is 12.1 Å². The predicted octanol–water partition coefficient (Wildman–Crippen LogP) is 3.08. The molecule has 2 amide bonds. The Morgan fingerprint density at radius 1 is 1.27 bits per heavy atom. The standard InChI is InChI=1S/C20H29N3O2S.C2HF3O2/c1-14(2)5-8-22-12-15-16(13-22)20(21-18(15)24)6-9-23(10-7-20)19(25)17-4-3-11-26-17;3-2(4,5)1(6)7/h3-4,11,14-16H,5-10,12-13H2,1-2H3,(H,21,24);(H,6,7)/t15-,16+;/m1./s1. The first kappa shape index (κ1) is 25.5. The molecule has 0 bridgehead atoms. The normalized spacial score (nSPS) is 24.4. The summed E-state index contributed by atoms with van der Waals surface area (Å²) in [5.74, 6) is -1.14. The summed E-state index contributed by atoms with van der Waals surface area (Å²) in [5, 5.41) is 12.4. The third-order valence-corrected chi connectivity index (χ3v) is 7.61. The second kappa shape index (κ2) is 10.0. The Hall–Kier alpha value is -2.14. The minimum Gasteiger partial charge on any atom is -0.475 e. The summed E-state index contributed by atoms with van der Waals surface area (Å²) in [6.07, 6.45) is -2.12. The Labute approximate surface area is 194 Å². The van der Waals surface area contributed by atoms with Gasteiger partial charge in [0.2, 0.25) is 5.91 Å². The fourth-order valence-corrected chi connectivity index (χ4v) is 5.62. The Bertz CT molecular complexity index is 852. The van der Waals surface area contributed by atoms with Crippen LogP contribution in [0.1, 0.15) is 42.8 Å². The highest BCUT2D eigenvalue weighted by Crippen LogP contribution is 2.44. The number of carboxylic acid groups (broad SMARTS) is 1. The van der Waals surface area contributed by atoms with Crippen molar-refractivity contribution < 1.29 is 32.7 Å². The molecule has 2 N–H and O–H groups in total. The topological polar surface area (TPSA) is 90.0 Å². The van der Waals surface area contributed by atoms with E-state index in [1.54, 1.807) is 0 Å². The average Bonchev–Trinajstić information content (AvgIpc) is 3.46. The first-order valence-electron chi connectivity index (χ1n) is 11.1. The summed E-state index contributed by atoms with van der Waals surface area (Å²) in [6.45, 7) is 9.02. The van der Waals surface area contributed by atoms with E-state index in [0.717, 1.165) is 50.4 Å². The number of aliphatic carboxylic acids is 1. The summed E-state index contributed by atoms with van der Waals surface area (Å²) in [4.78, 5) is 39.4. The number of amides is 2. The number of carboxylic acids is 1. The largest absolute Gasteiger partial charge is 0.490 e. The van der Waals surface area contributed by atoms with Crippen molar-refractivity contribution in [3.05, 3.63) is 22.4 Å². The van der Waals surface area contributed by atoms with Crippen LogP contribution in [-0.2, 0) is 9.59 Å². The van der Waals surface area contributed by atoms with Gasteiger partial charge in [0.25, 0.3) is 5.91 Å². The van der Waals surface area contributed by atoms with Gasteiger partial charge in [-0.1, -0.05) is 19.9 Å². The van der Waals surface area contributed by atoms with Crippen molar-refractivity contribution in [1.82, 2.24) is 15.1 Å². The fourth-order valence-electron chi connectivity index (χ4n) is 4.93. The maximum absolute atomic E-state index is 12.6. The van der Waals surface area contributed by atoms with Crippen molar-refractivity contribution in [3.8, 4) is 0 Å². The summed E-state index contributed by atoms with van der Waals surface area (Å²) in [7, 11) is 0. The number of hydrogen-bond acceptors (Lipinski definition) is 5. The van der Waals surface area contributed by atoms with E-state index >= 15 is 0 Å². The summed E-state index contributed by atoms with van der Waals surface area (Å²) < 4.78 is 31.7. The second-order valence-corrected chi connectivity index (χ2v) is 10.3. The highest BCUT2D eigenvalue weighted by Gasteiger charge is 2.57. The zero-order valence-corrected chi connectivity index (χ0v) is 19.5. The van der Waals surface area contributed by atoms with E-state index in [9.17, 15) is 22.8 Å². The summed E-state index contributed by atoms with van der Waals surface area (Å²) >= 11 is 1.50. The Morgan fingerprint density at radius 3 is 2.42 bits per heavy atom. The van der Waals surface area contributed by atoms with Crippen molar-refractivity contribution in [1.29, 1.82) is 0 Å². The lowest BCUT2D eigenvalue weighted by molar-refractivity contribution is -0.192. The van der Waals surface area contributed by atoms with Crippen LogP contribution in [0.2, 0.25) is 0 Å². The minimum atomic E-state index is -5.08. The monoisotopic (exact) mass is 489 g/mol. The number of likely N-dealkylation sites (tertiary alicyclic amines) is 2. The van der Waals surface area contributed by atoms with Crippen LogP contribution in [0.5, 0.6) is 0 Å². The number of halogens is 3. The highest BCUT2D eigenvalue weighted by molar-refractivity contribution is 7.12. The molecule has 4 heterocycles. The maximum atomic E-state index is 12.6. The second-order valence-electron chi connectivity index (χ2n) is 9.37. The molecule has 1 aromatic rings. The van der Waals surface area contributed by atoms with Crippen molar-refractivity contribution >= 4 is 29.1 Å². The molecule has 0 saturated carbocycles. The van der Waals surface area contributed by atoms with Gasteiger partial charge in [0.05, 0.1) is 10.8 Å². The number of nitrogens with zero attached hydrogens (tertiary/aromatic N) is 2. The Kier molecular flexibility index (Phi) is 7.73. The number of hydrogen-bond donors (Lipinski definition) is 2. The molecule has 4 rings (SSSR count). The van der Waals surface area contributed by atoms with Crippen molar-refractivity contribution in [2.45, 2.75) is 44.8 Å². The van der Waals surface area contributed by atoms with E-state index in [0.29, 0.717) is 11.8 Å². The molecule has 3 aliphatic heterocycles. The number of carbonyl (C=O) groups is 3. The van der Waals surface area contributed by atoms with Crippen LogP contribution in [0.4, 0.5) is 13.2 Å². The van der Waals surface area contributed by atoms with Crippen LogP contribution in [-0.4, -0.2) is 77.1 Å². The lowest BCUT2D eigenvalue weighted by Gasteiger charge is -2.42. The molecule has 0 radical (unpaired) electrons. The van der Waals surface area contributed by atoms with E-state index in [1.165, 1.54) is 17.8 Å². The number of piperidine rings is 1. The molecule has 0 unspecified atom stereocenters. The number of carbonyl (C=O) groups excluding carboxylic acids is 2. The van der Waals surface area contributed by atoms with Gasteiger partial charge in [-0.15, -0.1) is 11.3 Å². The van der Waals surface area contributed by atoms with Gasteiger partial charge in [0, 0.05) is 37.6 Å². The van der Waals surface area contributed by atoms with Gasteiger partial charge in [-0.3, -0.25) is 9.59 Å². The molecule has 11 heteroatoms. The average molecular weight is 490 g/mol. The lowest BCUT2D eigenvalue weighted by Crippen LogP contribution is -2.56.